The average Bonchev–Trinajstić information content (AvgIpc) is 3.83. The average molecular weight is 688 g/mol. The normalized spacial score (nSPS) is 35.0. The summed E-state index contributed by atoms with van der Waals surface area (Å²) in [5.41, 5.74) is -0.611. The van der Waals surface area contributed by atoms with E-state index in [4.69, 9.17) is 33.2 Å². The van der Waals surface area contributed by atoms with E-state index < -0.39 is 16.8 Å². The summed E-state index contributed by atoms with van der Waals surface area (Å²) < 4.78 is 43.1. The van der Waals surface area contributed by atoms with Crippen LogP contribution in [0, 0.1) is 29.6 Å². The fraction of sp³-hybridized carbons (Fsp3) is 0.850. The molecule has 5 fully saturated rings. The van der Waals surface area contributed by atoms with Crippen LogP contribution >= 0.6 is 0 Å². The molecule has 1 aromatic carbocycles. The molecule has 1 aromatic rings. The highest BCUT2D eigenvalue weighted by Crippen LogP contribution is 2.80. The second kappa shape index (κ2) is 13.8. The van der Waals surface area contributed by atoms with Gasteiger partial charge in [0.25, 0.3) is 0 Å². The van der Waals surface area contributed by atoms with Crippen LogP contribution in [0.2, 0.25) is 0 Å². The second-order valence-electron chi connectivity index (χ2n) is 17.0. The molecule has 4 aliphatic carbocycles. The van der Waals surface area contributed by atoms with E-state index in [2.05, 4.69) is 59.4 Å². The number of likely N-dealkylation sites (tertiary alicyclic amines) is 1. The van der Waals surface area contributed by atoms with Gasteiger partial charge in [0.2, 0.25) is 0 Å². The summed E-state index contributed by atoms with van der Waals surface area (Å²) in [4.78, 5) is 2.79. The van der Waals surface area contributed by atoms with E-state index in [9.17, 15) is 5.11 Å². The molecule has 7 rings (SSSR count). The fourth-order valence-corrected chi connectivity index (χ4v) is 10.8. The molecule has 9 nitrogen and oxygen atoms in total. The second-order valence-corrected chi connectivity index (χ2v) is 17.0. The maximum absolute atomic E-state index is 12.6. The zero-order valence-electron chi connectivity index (χ0n) is 32.0. The van der Waals surface area contributed by atoms with Gasteiger partial charge < -0.3 is 38.3 Å². The van der Waals surface area contributed by atoms with Gasteiger partial charge in [0, 0.05) is 43.2 Å². The molecule has 0 amide bonds. The zero-order chi connectivity index (χ0) is 35.3. The van der Waals surface area contributed by atoms with Crippen molar-refractivity contribution in [1.82, 2.24) is 4.90 Å². The molecule has 2 aliphatic heterocycles. The lowest BCUT2D eigenvalue weighted by molar-refractivity contribution is -0.342. The summed E-state index contributed by atoms with van der Waals surface area (Å²) in [6.07, 6.45) is 6.48. The molecule has 2 spiro atoms. The predicted molar refractivity (Wildman–Crippen MR) is 189 cm³/mol. The molecule has 4 saturated carbocycles. The quantitative estimate of drug-likeness (QED) is 0.150. The van der Waals surface area contributed by atoms with Crippen LogP contribution in [0.1, 0.15) is 98.1 Å². The van der Waals surface area contributed by atoms with Gasteiger partial charge >= 0.3 is 0 Å². The van der Waals surface area contributed by atoms with Gasteiger partial charge in [0.1, 0.15) is 11.2 Å². The van der Waals surface area contributed by atoms with Crippen molar-refractivity contribution in [2.24, 2.45) is 22.7 Å². The Bertz CT molecular complexity index is 1310. The van der Waals surface area contributed by atoms with Crippen molar-refractivity contribution in [1.29, 1.82) is 0 Å². The van der Waals surface area contributed by atoms with Gasteiger partial charge in [-0.3, -0.25) is 4.90 Å². The molecule has 49 heavy (non-hydrogen) atoms. The number of hydrogen-bond acceptors (Lipinski definition) is 9. The van der Waals surface area contributed by atoms with Crippen LogP contribution < -0.4 is 9.47 Å². The number of nitrogens with zero attached hydrogens (tertiary/aromatic N) is 1. The summed E-state index contributed by atoms with van der Waals surface area (Å²) in [6, 6.07) is 4.58. The van der Waals surface area contributed by atoms with Crippen molar-refractivity contribution < 1.29 is 38.3 Å². The largest absolute Gasteiger partial charge is 0.479 e. The SMILES string of the molecule is CCOCCOCCOCCOCOc1ccc(C)c2c1OC1(C)C3(OC)CCC4(CC3C(C)(O)C(C)(C)C)C(C)N(CC3CC3)CCC241. The Kier molecular flexibility index (Phi) is 10.5. The highest BCUT2D eigenvalue weighted by molar-refractivity contribution is 5.63. The first-order chi connectivity index (χ1) is 23.3. The van der Waals surface area contributed by atoms with Crippen LogP contribution in [-0.4, -0.2) is 106 Å². The highest BCUT2D eigenvalue weighted by atomic mass is 16.7. The third-order valence-electron chi connectivity index (χ3n) is 14.1. The minimum atomic E-state index is -0.984. The van der Waals surface area contributed by atoms with Crippen molar-refractivity contribution in [2.75, 3.05) is 73.2 Å². The molecule has 2 heterocycles. The molecular formula is C40H65NO8. The van der Waals surface area contributed by atoms with Crippen LogP contribution in [0.15, 0.2) is 12.1 Å². The Morgan fingerprint density at radius 3 is 2.20 bits per heavy atom. The lowest BCUT2D eigenvalue weighted by atomic mass is 9.31. The van der Waals surface area contributed by atoms with Crippen LogP contribution in [0.5, 0.6) is 11.5 Å². The first-order valence-electron chi connectivity index (χ1n) is 19.0. The van der Waals surface area contributed by atoms with Gasteiger partial charge in [-0.1, -0.05) is 26.8 Å². The standard InChI is InChI=1S/C40H65NO8/c1-10-44-19-20-45-21-22-46-23-24-47-27-48-31-14-11-28(2)33-34(31)49-37(8)39(33)17-18-41(26-30-12-13-30)29(3)38(39)15-16-40(37,43-9)32(25-38)36(7,42)35(4,5)6/h11,14,29-30,32,42H,10,12-13,15-27H2,1-9H3. The molecule has 2 bridgehead atoms. The smallest absolute Gasteiger partial charge is 0.189 e. The monoisotopic (exact) mass is 687 g/mol. The molecule has 0 radical (unpaired) electrons. The molecular weight excluding hydrogens is 622 g/mol. The zero-order valence-corrected chi connectivity index (χ0v) is 32.0. The van der Waals surface area contributed by atoms with Crippen LogP contribution in [0.3, 0.4) is 0 Å². The number of ether oxygens (including phenoxy) is 7. The van der Waals surface area contributed by atoms with Crippen molar-refractivity contribution in [3.05, 3.63) is 23.3 Å². The van der Waals surface area contributed by atoms with Crippen molar-refractivity contribution in [3.8, 4) is 11.5 Å². The summed E-state index contributed by atoms with van der Waals surface area (Å²) in [7, 11) is 1.86. The van der Waals surface area contributed by atoms with Gasteiger partial charge in [-0.25, -0.2) is 0 Å². The van der Waals surface area contributed by atoms with Gasteiger partial charge in [-0.2, -0.15) is 0 Å². The first kappa shape index (κ1) is 37.3. The maximum Gasteiger partial charge on any atom is 0.189 e. The fourth-order valence-electron chi connectivity index (χ4n) is 10.8. The van der Waals surface area contributed by atoms with Crippen LogP contribution in [0.25, 0.3) is 0 Å². The number of fused-ring (bicyclic) bond motifs is 3. The van der Waals surface area contributed by atoms with Crippen molar-refractivity contribution >= 4 is 0 Å². The molecule has 1 N–H and O–H groups in total. The Morgan fingerprint density at radius 2 is 1.59 bits per heavy atom. The Morgan fingerprint density at radius 1 is 0.939 bits per heavy atom. The van der Waals surface area contributed by atoms with Crippen molar-refractivity contribution in [3.63, 3.8) is 0 Å². The first-order valence-corrected chi connectivity index (χ1v) is 19.0. The van der Waals surface area contributed by atoms with E-state index >= 15 is 0 Å². The summed E-state index contributed by atoms with van der Waals surface area (Å²) in [5, 5.41) is 12.6. The topological polar surface area (TPSA) is 88.1 Å². The Balaban J connectivity index is 1.28. The Labute approximate surface area is 295 Å². The molecule has 7 atom stereocenters. The predicted octanol–water partition coefficient (Wildman–Crippen LogP) is 6.29. The van der Waals surface area contributed by atoms with Gasteiger partial charge in [0.15, 0.2) is 18.3 Å². The molecule has 0 aromatic heterocycles. The van der Waals surface area contributed by atoms with Crippen LogP contribution in [-0.2, 0) is 29.1 Å². The van der Waals surface area contributed by atoms with E-state index in [0.717, 1.165) is 43.9 Å². The number of piperidine rings is 1. The minimum absolute atomic E-state index is 0.101. The molecule has 6 aliphatic rings. The van der Waals surface area contributed by atoms with E-state index in [-0.39, 0.29) is 29.0 Å². The third kappa shape index (κ3) is 5.77. The van der Waals surface area contributed by atoms with Crippen molar-refractivity contribution in [2.45, 2.75) is 122 Å². The summed E-state index contributed by atoms with van der Waals surface area (Å²) in [6.45, 7) is 23.7. The van der Waals surface area contributed by atoms with Crippen LogP contribution in [0.4, 0.5) is 0 Å². The number of benzene rings is 1. The van der Waals surface area contributed by atoms with Gasteiger partial charge in [-0.05, 0) is 103 Å². The third-order valence-corrected chi connectivity index (χ3v) is 14.1. The van der Waals surface area contributed by atoms with Gasteiger partial charge in [-0.15, -0.1) is 0 Å². The maximum atomic E-state index is 12.6. The summed E-state index contributed by atoms with van der Waals surface area (Å²) >= 11 is 0. The van der Waals surface area contributed by atoms with E-state index in [0.29, 0.717) is 58.0 Å². The number of rotatable bonds is 17. The van der Waals surface area contributed by atoms with E-state index in [1.54, 1.807) is 0 Å². The number of aryl methyl sites for hydroxylation is 1. The van der Waals surface area contributed by atoms with E-state index in [1.165, 1.54) is 30.5 Å². The summed E-state index contributed by atoms with van der Waals surface area (Å²) in [5.74, 6) is 2.24. The number of hydrogen-bond donors (Lipinski definition) is 1. The van der Waals surface area contributed by atoms with Gasteiger partial charge in [0.05, 0.1) is 50.7 Å². The molecule has 9 heteroatoms. The lowest BCUT2D eigenvalue weighted by Gasteiger charge is -2.77. The number of aliphatic hydroxyl groups is 1. The Hall–Kier alpha value is -1.46. The van der Waals surface area contributed by atoms with E-state index in [1.807, 2.05) is 20.1 Å². The molecule has 7 unspecified atom stereocenters. The number of methoxy groups -OCH3 is 1. The highest BCUT2D eigenvalue weighted by Gasteiger charge is 2.85. The molecule has 1 saturated heterocycles. The molecule has 278 valence electrons. The minimum Gasteiger partial charge on any atom is -0.479 e. The lowest BCUT2D eigenvalue weighted by Crippen LogP contribution is -2.86.